The van der Waals surface area contributed by atoms with Gasteiger partial charge in [-0.15, -0.1) is 0 Å². The van der Waals surface area contributed by atoms with Crippen LogP contribution in [-0.2, 0) is 6.42 Å². The van der Waals surface area contributed by atoms with Crippen LogP contribution in [0.15, 0.2) is 18.3 Å². The van der Waals surface area contributed by atoms with Gasteiger partial charge in [0.2, 0.25) is 6.20 Å². The third-order valence-electron chi connectivity index (χ3n) is 2.39. The lowest BCUT2D eigenvalue weighted by Crippen LogP contribution is -1.95. The van der Waals surface area contributed by atoms with E-state index in [1.165, 1.54) is 13.2 Å². The molecule has 0 radical (unpaired) electrons. The molecule has 0 aromatic heterocycles. The first-order valence-electron chi connectivity index (χ1n) is 5.19. The molecule has 0 aliphatic rings. The molecule has 0 saturated heterocycles. The Morgan fingerprint density at radius 1 is 1.29 bits per heavy atom. The van der Waals surface area contributed by atoms with Crippen LogP contribution in [0.4, 0.5) is 0 Å². The maximum atomic E-state index is 10.3. The van der Waals surface area contributed by atoms with Crippen molar-refractivity contribution in [3.63, 3.8) is 0 Å². The molecule has 5 nitrogen and oxygen atoms in total. The molecule has 0 heterocycles. The number of nitro groups is 1. The Morgan fingerprint density at radius 2 is 1.94 bits per heavy atom. The largest absolute Gasteiger partial charge is 0.496 e. The minimum absolute atomic E-state index is 0.514. The van der Waals surface area contributed by atoms with E-state index < -0.39 is 4.92 Å². The van der Waals surface area contributed by atoms with Gasteiger partial charge in [-0.1, -0.05) is 6.92 Å². The molecule has 0 atom stereocenters. The molecule has 92 valence electrons. The predicted molar refractivity (Wildman–Crippen MR) is 65.0 cm³/mol. The molecule has 1 rings (SSSR count). The summed E-state index contributed by atoms with van der Waals surface area (Å²) < 4.78 is 10.4. The second kappa shape index (κ2) is 5.89. The Labute approximate surface area is 99.8 Å². The molecular formula is C12H15NO4. The molecule has 5 heteroatoms. The van der Waals surface area contributed by atoms with Crippen LogP contribution in [0.25, 0.3) is 6.08 Å². The Balaban J connectivity index is 3.23. The SMILES string of the molecule is CCc1cc(OC)c(C=C[N+](=O)[O-])cc1OC. The Hall–Kier alpha value is -2.04. The summed E-state index contributed by atoms with van der Waals surface area (Å²) >= 11 is 0. The third-order valence-corrected chi connectivity index (χ3v) is 2.39. The zero-order valence-corrected chi connectivity index (χ0v) is 10.1. The monoisotopic (exact) mass is 237 g/mol. The molecule has 0 fully saturated rings. The first-order chi connectivity index (χ1) is 8.12. The molecule has 1 aromatic rings. The number of hydrogen-bond donors (Lipinski definition) is 0. The van der Waals surface area contributed by atoms with E-state index in [0.29, 0.717) is 17.1 Å². The van der Waals surface area contributed by atoms with Crippen molar-refractivity contribution in [2.75, 3.05) is 14.2 Å². The van der Waals surface area contributed by atoms with E-state index in [-0.39, 0.29) is 0 Å². The topological polar surface area (TPSA) is 61.6 Å². The van der Waals surface area contributed by atoms with E-state index >= 15 is 0 Å². The van der Waals surface area contributed by atoms with Crippen molar-refractivity contribution >= 4 is 6.08 Å². The fourth-order valence-corrected chi connectivity index (χ4v) is 1.53. The average molecular weight is 237 g/mol. The Kier molecular flexibility index (Phi) is 4.51. The molecule has 0 saturated carbocycles. The van der Waals surface area contributed by atoms with Gasteiger partial charge in [0, 0.05) is 11.6 Å². The molecule has 0 amide bonds. The molecule has 0 aliphatic carbocycles. The van der Waals surface area contributed by atoms with Crippen LogP contribution in [0.3, 0.4) is 0 Å². The molecule has 1 aromatic carbocycles. The van der Waals surface area contributed by atoms with Gasteiger partial charge in [0.25, 0.3) is 0 Å². The van der Waals surface area contributed by atoms with Crippen LogP contribution in [0.5, 0.6) is 11.5 Å². The zero-order valence-electron chi connectivity index (χ0n) is 10.1. The molecular weight excluding hydrogens is 222 g/mol. The van der Waals surface area contributed by atoms with Crippen LogP contribution in [0.2, 0.25) is 0 Å². The highest BCUT2D eigenvalue weighted by Gasteiger charge is 2.08. The van der Waals surface area contributed by atoms with Crippen molar-refractivity contribution in [2.45, 2.75) is 13.3 Å². The van der Waals surface area contributed by atoms with Crippen molar-refractivity contribution in [3.05, 3.63) is 39.6 Å². The van der Waals surface area contributed by atoms with E-state index in [9.17, 15) is 10.1 Å². The second-order valence-corrected chi connectivity index (χ2v) is 3.36. The van der Waals surface area contributed by atoms with Gasteiger partial charge >= 0.3 is 0 Å². The maximum absolute atomic E-state index is 10.3. The van der Waals surface area contributed by atoms with Crippen LogP contribution in [0.1, 0.15) is 18.1 Å². The van der Waals surface area contributed by atoms with Gasteiger partial charge < -0.3 is 9.47 Å². The van der Waals surface area contributed by atoms with Gasteiger partial charge in [0.15, 0.2) is 0 Å². The van der Waals surface area contributed by atoms with Crippen molar-refractivity contribution in [1.29, 1.82) is 0 Å². The Bertz CT molecular complexity index is 440. The summed E-state index contributed by atoms with van der Waals surface area (Å²) in [5, 5.41) is 10.3. The number of rotatable bonds is 5. The summed E-state index contributed by atoms with van der Waals surface area (Å²) in [7, 11) is 3.10. The number of nitrogens with zero attached hydrogens (tertiary/aromatic N) is 1. The first-order valence-corrected chi connectivity index (χ1v) is 5.19. The van der Waals surface area contributed by atoms with Gasteiger partial charge in [-0.05, 0) is 24.1 Å². The standard InChI is InChI=1S/C12H15NO4/c1-4-9-7-12(17-3)10(5-6-13(14)15)8-11(9)16-2/h5-8H,4H2,1-3H3. The molecule has 0 N–H and O–H groups in total. The summed E-state index contributed by atoms with van der Waals surface area (Å²) in [4.78, 5) is 9.78. The van der Waals surface area contributed by atoms with Gasteiger partial charge in [-0.2, -0.15) is 0 Å². The van der Waals surface area contributed by atoms with E-state index in [2.05, 4.69) is 0 Å². The summed E-state index contributed by atoms with van der Waals surface area (Å²) in [6.45, 7) is 2.00. The summed E-state index contributed by atoms with van der Waals surface area (Å²) in [5.41, 5.74) is 1.63. The zero-order chi connectivity index (χ0) is 12.8. The lowest BCUT2D eigenvalue weighted by molar-refractivity contribution is -0.400. The molecule has 0 bridgehead atoms. The first kappa shape index (κ1) is 13.0. The van der Waals surface area contributed by atoms with Crippen molar-refractivity contribution < 1.29 is 14.4 Å². The second-order valence-electron chi connectivity index (χ2n) is 3.36. The molecule has 0 aliphatic heterocycles. The quantitative estimate of drug-likeness (QED) is 0.583. The fourth-order valence-electron chi connectivity index (χ4n) is 1.53. The highest BCUT2D eigenvalue weighted by molar-refractivity contribution is 5.61. The van der Waals surface area contributed by atoms with E-state index in [1.54, 1.807) is 13.2 Å². The molecule has 0 unspecified atom stereocenters. The summed E-state index contributed by atoms with van der Waals surface area (Å²) in [5.74, 6) is 1.30. The van der Waals surface area contributed by atoms with Gasteiger partial charge in [0.05, 0.1) is 19.1 Å². The van der Waals surface area contributed by atoms with Crippen LogP contribution >= 0.6 is 0 Å². The smallest absolute Gasteiger partial charge is 0.235 e. The Morgan fingerprint density at radius 3 is 2.41 bits per heavy atom. The van der Waals surface area contributed by atoms with Crippen LogP contribution < -0.4 is 9.47 Å². The molecule has 0 spiro atoms. The fraction of sp³-hybridized carbons (Fsp3) is 0.333. The minimum atomic E-state index is -0.514. The maximum Gasteiger partial charge on any atom is 0.235 e. The number of aryl methyl sites for hydroxylation is 1. The van der Waals surface area contributed by atoms with Gasteiger partial charge in [-0.3, -0.25) is 10.1 Å². The highest BCUT2D eigenvalue weighted by atomic mass is 16.6. The number of benzene rings is 1. The predicted octanol–water partition coefficient (Wildman–Crippen LogP) is 2.51. The number of ether oxygens (including phenoxy) is 2. The van der Waals surface area contributed by atoms with Gasteiger partial charge in [-0.25, -0.2) is 0 Å². The van der Waals surface area contributed by atoms with E-state index in [0.717, 1.165) is 18.2 Å². The normalized spacial score (nSPS) is 10.5. The van der Waals surface area contributed by atoms with E-state index in [4.69, 9.17) is 9.47 Å². The average Bonchev–Trinajstić information content (AvgIpc) is 2.34. The minimum Gasteiger partial charge on any atom is -0.496 e. The van der Waals surface area contributed by atoms with Crippen LogP contribution in [0, 0.1) is 10.1 Å². The summed E-state index contributed by atoms with van der Waals surface area (Å²) in [6, 6.07) is 3.57. The lowest BCUT2D eigenvalue weighted by atomic mass is 10.1. The van der Waals surface area contributed by atoms with Crippen LogP contribution in [-0.4, -0.2) is 19.1 Å². The summed E-state index contributed by atoms with van der Waals surface area (Å²) in [6.07, 6.45) is 3.07. The lowest BCUT2D eigenvalue weighted by Gasteiger charge is -2.11. The van der Waals surface area contributed by atoms with E-state index in [1.807, 2.05) is 13.0 Å². The van der Waals surface area contributed by atoms with Crippen molar-refractivity contribution in [1.82, 2.24) is 0 Å². The van der Waals surface area contributed by atoms with Crippen molar-refractivity contribution in [3.8, 4) is 11.5 Å². The highest BCUT2D eigenvalue weighted by Crippen LogP contribution is 2.30. The van der Waals surface area contributed by atoms with Gasteiger partial charge in [0.1, 0.15) is 11.5 Å². The number of methoxy groups -OCH3 is 2. The third kappa shape index (κ3) is 3.21. The van der Waals surface area contributed by atoms with Crippen molar-refractivity contribution in [2.24, 2.45) is 0 Å². The molecule has 17 heavy (non-hydrogen) atoms. The number of hydrogen-bond acceptors (Lipinski definition) is 4.